The molecule has 0 bridgehead atoms. The lowest BCUT2D eigenvalue weighted by Crippen LogP contribution is -2.26. The fourth-order valence-electron chi connectivity index (χ4n) is 4.02. The molecule has 0 aliphatic carbocycles. The average molecular weight is 571 g/mol. The molecule has 1 N–H and O–H groups in total. The number of pyridine rings is 3. The van der Waals surface area contributed by atoms with Gasteiger partial charge in [-0.25, -0.2) is 15.0 Å². The maximum absolute atomic E-state index is 13.3. The van der Waals surface area contributed by atoms with Gasteiger partial charge in [0.15, 0.2) is 5.13 Å². The lowest BCUT2D eigenvalue weighted by Gasteiger charge is -2.16. The lowest BCUT2D eigenvalue weighted by molar-refractivity contribution is 0.0750. The van der Waals surface area contributed by atoms with Gasteiger partial charge >= 0.3 is 0 Å². The van der Waals surface area contributed by atoms with E-state index in [-0.39, 0.29) is 34.2 Å². The SMILES string of the molecule is COc1ccc(C(=O)N2Cc3nc(NC(=O)c4cnc(C)cc4-c4cc(Cl)ncc4OC)sc3C2)c(Cl)n1. The van der Waals surface area contributed by atoms with E-state index in [1.165, 1.54) is 38.0 Å². The van der Waals surface area contributed by atoms with Crippen LogP contribution in [-0.4, -0.2) is 50.9 Å². The van der Waals surface area contributed by atoms with Crippen molar-refractivity contribution in [3.05, 3.63) is 74.4 Å². The zero-order valence-corrected chi connectivity index (χ0v) is 22.7. The Balaban J connectivity index is 1.34. The maximum atomic E-state index is 13.3. The minimum absolute atomic E-state index is 0.0696. The Morgan fingerprint density at radius 1 is 1.00 bits per heavy atom. The molecular weight excluding hydrogens is 551 g/mol. The molecule has 5 heterocycles. The monoisotopic (exact) mass is 570 g/mol. The standard InChI is InChI=1S/C25H20Cl2N6O4S/c1-12-6-14(15-7-20(26)29-9-18(15)36-2)16(8-28-12)23(34)32-25-30-17-10-33(11-19(17)38-25)24(35)13-4-5-21(37-3)31-22(13)27/h4-9H,10-11H2,1-3H3,(H,30,32,34). The van der Waals surface area contributed by atoms with Crippen LogP contribution in [0, 0.1) is 6.92 Å². The molecule has 0 unspecified atom stereocenters. The molecule has 0 aromatic carbocycles. The third-order valence-electron chi connectivity index (χ3n) is 5.85. The van der Waals surface area contributed by atoms with Crippen LogP contribution in [0.25, 0.3) is 11.1 Å². The Labute approximate surface area is 231 Å². The number of hydrogen-bond donors (Lipinski definition) is 1. The topological polar surface area (TPSA) is 119 Å². The largest absolute Gasteiger partial charge is 0.494 e. The fourth-order valence-corrected chi connectivity index (χ4v) is 5.38. The van der Waals surface area contributed by atoms with Crippen molar-refractivity contribution in [3.63, 3.8) is 0 Å². The van der Waals surface area contributed by atoms with E-state index in [0.717, 1.165) is 10.6 Å². The Morgan fingerprint density at radius 3 is 2.53 bits per heavy atom. The summed E-state index contributed by atoms with van der Waals surface area (Å²) in [4.78, 5) is 45.7. The molecule has 4 aromatic rings. The highest BCUT2D eigenvalue weighted by atomic mass is 35.5. The van der Waals surface area contributed by atoms with E-state index in [0.29, 0.717) is 45.7 Å². The van der Waals surface area contributed by atoms with Crippen LogP contribution in [0.3, 0.4) is 0 Å². The van der Waals surface area contributed by atoms with E-state index >= 15 is 0 Å². The number of fused-ring (bicyclic) bond motifs is 1. The van der Waals surface area contributed by atoms with Crippen LogP contribution >= 0.6 is 34.5 Å². The first-order chi connectivity index (χ1) is 18.3. The summed E-state index contributed by atoms with van der Waals surface area (Å²) in [5.41, 5.74) is 3.25. The van der Waals surface area contributed by atoms with E-state index in [9.17, 15) is 9.59 Å². The normalized spacial score (nSPS) is 12.3. The van der Waals surface area contributed by atoms with Crippen LogP contribution in [0.1, 0.15) is 37.0 Å². The van der Waals surface area contributed by atoms with Crippen molar-refractivity contribution in [2.45, 2.75) is 20.0 Å². The number of hydrogen-bond acceptors (Lipinski definition) is 9. The molecule has 13 heteroatoms. The molecule has 38 heavy (non-hydrogen) atoms. The number of aryl methyl sites for hydroxylation is 1. The number of amides is 2. The van der Waals surface area contributed by atoms with Crippen LogP contribution in [-0.2, 0) is 13.1 Å². The Bertz CT molecular complexity index is 1550. The lowest BCUT2D eigenvalue weighted by atomic mass is 10.0. The number of carbonyl (C=O) groups excluding carboxylic acids is 2. The van der Waals surface area contributed by atoms with Gasteiger partial charge in [0, 0.05) is 29.1 Å². The highest BCUT2D eigenvalue weighted by molar-refractivity contribution is 7.16. The number of rotatable bonds is 6. The molecule has 0 spiro atoms. The summed E-state index contributed by atoms with van der Waals surface area (Å²) < 4.78 is 10.5. The molecule has 4 aromatic heterocycles. The average Bonchev–Trinajstić information content (AvgIpc) is 3.47. The van der Waals surface area contributed by atoms with Crippen molar-refractivity contribution in [1.82, 2.24) is 24.8 Å². The molecule has 0 saturated heterocycles. The first-order valence-electron chi connectivity index (χ1n) is 11.2. The van der Waals surface area contributed by atoms with E-state index in [4.69, 9.17) is 32.7 Å². The van der Waals surface area contributed by atoms with Crippen molar-refractivity contribution in [1.29, 1.82) is 0 Å². The number of nitrogens with one attached hydrogen (secondary N) is 1. The van der Waals surface area contributed by atoms with Gasteiger partial charge < -0.3 is 14.4 Å². The van der Waals surface area contributed by atoms with Crippen LogP contribution in [0.4, 0.5) is 5.13 Å². The van der Waals surface area contributed by atoms with Gasteiger partial charge in [-0.15, -0.1) is 0 Å². The Morgan fingerprint density at radius 2 is 1.82 bits per heavy atom. The molecule has 0 fully saturated rings. The predicted molar refractivity (Wildman–Crippen MR) is 143 cm³/mol. The number of carbonyl (C=O) groups is 2. The van der Waals surface area contributed by atoms with Gasteiger partial charge in [0.1, 0.15) is 16.1 Å². The number of thiazole rings is 1. The second kappa shape index (κ2) is 10.5. The van der Waals surface area contributed by atoms with Crippen LogP contribution in [0.5, 0.6) is 11.6 Å². The molecule has 10 nitrogen and oxygen atoms in total. The molecule has 1 aliphatic rings. The van der Waals surface area contributed by atoms with Crippen molar-refractivity contribution < 1.29 is 19.1 Å². The van der Waals surface area contributed by atoms with Crippen molar-refractivity contribution in [3.8, 4) is 22.8 Å². The summed E-state index contributed by atoms with van der Waals surface area (Å²) >= 11 is 13.6. The number of methoxy groups -OCH3 is 2. The minimum atomic E-state index is -0.390. The maximum Gasteiger partial charge on any atom is 0.259 e. The van der Waals surface area contributed by atoms with Crippen LogP contribution in [0.15, 0.2) is 36.7 Å². The number of anilines is 1. The highest BCUT2D eigenvalue weighted by Gasteiger charge is 2.30. The predicted octanol–water partition coefficient (Wildman–Crippen LogP) is 5.04. The van der Waals surface area contributed by atoms with Gasteiger partial charge in [0.25, 0.3) is 11.8 Å². The van der Waals surface area contributed by atoms with Crippen molar-refractivity contribution in [2.24, 2.45) is 0 Å². The second-order valence-corrected chi connectivity index (χ2v) is 10.1. The van der Waals surface area contributed by atoms with Crippen LogP contribution in [0.2, 0.25) is 10.3 Å². The van der Waals surface area contributed by atoms with E-state index in [1.807, 2.05) is 6.92 Å². The third-order valence-corrected chi connectivity index (χ3v) is 7.35. The Kier molecular flexibility index (Phi) is 7.15. The smallest absolute Gasteiger partial charge is 0.259 e. The Hall–Kier alpha value is -3.80. The zero-order chi connectivity index (χ0) is 27.0. The number of nitrogens with zero attached hydrogens (tertiary/aromatic N) is 5. The number of halogens is 2. The fraction of sp³-hybridized carbons (Fsp3) is 0.200. The minimum Gasteiger partial charge on any atom is -0.494 e. The molecule has 5 rings (SSSR count). The van der Waals surface area contributed by atoms with Gasteiger partial charge in [-0.05, 0) is 25.1 Å². The molecule has 0 atom stereocenters. The van der Waals surface area contributed by atoms with Crippen LogP contribution < -0.4 is 14.8 Å². The first kappa shape index (κ1) is 25.8. The third kappa shape index (κ3) is 5.00. The van der Waals surface area contributed by atoms with Gasteiger partial charge in [0.05, 0.1) is 55.2 Å². The van der Waals surface area contributed by atoms with E-state index < -0.39 is 0 Å². The molecule has 0 radical (unpaired) electrons. The summed E-state index contributed by atoms with van der Waals surface area (Å²) in [7, 11) is 2.99. The van der Waals surface area contributed by atoms with Gasteiger partial charge in [0.2, 0.25) is 5.88 Å². The summed E-state index contributed by atoms with van der Waals surface area (Å²) in [6, 6.07) is 6.59. The van der Waals surface area contributed by atoms with E-state index in [1.54, 1.807) is 29.2 Å². The first-order valence-corrected chi connectivity index (χ1v) is 12.8. The molecule has 1 aliphatic heterocycles. The summed E-state index contributed by atoms with van der Waals surface area (Å²) in [6.07, 6.45) is 3.00. The molecule has 194 valence electrons. The summed E-state index contributed by atoms with van der Waals surface area (Å²) in [6.45, 7) is 2.45. The molecule has 0 saturated carbocycles. The van der Waals surface area contributed by atoms with E-state index in [2.05, 4.69) is 25.3 Å². The van der Waals surface area contributed by atoms with Gasteiger partial charge in [-0.3, -0.25) is 19.9 Å². The highest BCUT2D eigenvalue weighted by Crippen LogP contribution is 2.36. The van der Waals surface area contributed by atoms with Crippen molar-refractivity contribution >= 4 is 51.5 Å². The zero-order valence-electron chi connectivity index (χ0n) is 20.4. The molecule has 2 amide bonds. The quantitative estimate of drug-likeness (QED) is 0.320. The summed E-state index contributed by atoms with van der Waals surface area (Å²) in [5, 5.41) is 3.61. The van der Waals surface area contributed by atoms with Gasteiger partial charge in [-0.1, -0.05) is 34.5 Å². The summed E-state index contributed by atoms with van der Waals surface area (Å²) in [5.74, 6) is 0.144. The number of aromatic nitrogens is 4. The molecular formula is C25H20Cl2N6O4S. The number of ether oxygens (including phenoxy) is 2. The van der Waals surface area contributed by atoms with Gasteiger partial charge in [-0.2, -0.15) is 0 Å². The van der Waals surface area contributed by atoms with Crippen molar-refractivity contribution in [2.75, 3.05) is 19.5 Å². The second-order valence-electron chi connectivity index (χ2n) is 8.27.